The molecule has 0 heterocycles. The monoisotopic (exact) mass is 291 g/mol. The van der Waals surface area contributed by atoms with Crippen LogP contribution < -0.4 is 5.73 Å². The van der Waals surface area contributed by atoms with Gasteiger partial charge in [0.05, 0.1) is 19.8 Å². The van der Waals surface area contributed by atoms with E-state index in [0.29, 0.717) is 46.1 Å². The molecule has 0 radical (unpaired) electrons. The Morgan fingerprint density at radius 2 is 1.65 bits per heavy atom. The highest BCUT2D eigenvalue weighted by Crippen LogP contribution is 2.11. The highest BCUT2D eigenvalue weighted by atomic mass is 16.5. The standard InChI is InChI=1S/C14H29NO5/c1-4-20-13(16)14(2,15)7-5-9-18-11-12-19-10-6-8-17-3/h4-12,15H2,1-3H3. The summed E-state index contributed by atoms with van der Waals surface area (Å²) >= 11 is 0. The molecule has 20 heavy (non-hydrogen) atoms. The van der Waals surface area contributed by atoms with Crippen LogP contribution in [0.3, 0.4) is 0 Å². The van der Waals surface area contributed by atoms with Gasteiger partial charge in [-0.1, -0.05) is 0 Å². The van der Waals surface area contributed by atoms with Gasteiger partial charge in [0.25, 0.3) is 0 Å². The first-order valence-electron chi connectivity index (χ1n) is 7.15. The van der Waals surface area contributed by atoms with E-state index >= 15 is 0 Å². The predicted molar refractivity (Wildman–Crippen MR) is 76.6 cm³/mol. The Bertz CT molecular complexity index is 246. The topological polar surface area (TPSA) is 80.0 Å². The largest absolute Gasteiger partial charge is 0.465 e. The first-order valence-corrected chi connectivity index (χ1v) is 7.15. The molecule has 6 heteroatoms. The summed E-state index contributed by atoms with van der Waals surface area (Å²) in [6.07, 6.45) is 2.15. The van der Waals surface area contributed by atoms with Crippen LogP contribution in [0.5, 0.6) is 0 Å². The van der Waals surface area contributed by atoms with E-state index in [1.807, 2.05) is 0 Å². The fraction of sp³-hybridized carbons (Fsp3) is 0.929. The van der Waals surface area contributed by atoms with Crippen molar-refractivity contribution in [1.82, 2.24) is 0 Å². The Hall–Kier alpha value is -0.690. The molecule has 1 unspecified atom stereocenters. The number of carbonyl (C=O) groups is 1. The van der Waals surface area contributed by atoms with Crippen LogP contribution in [0.15, 0.2) is 0 Å². The molecule has 0 saturated carbocycles. The number of ether oxygens (including phenoxy) is 4. The first kappa shape index (κ1) is 19.3. The van der Waals surface area contributed by atoms with Crippen molar-refractivity contribution in [3.8, 4) is 0 Å². The van der Waals surface area contributed by atoms with Crippen LogP contribution in [-0.2, 0) is 23.7 Å². The lowest BCUT2D eigenvalue weighted by atomic mass is 9.98. The molecule has 0 aromatic rings. The molecular formula is C14H29NO5. The minimum absolute atomic E-state index is 0.350. The number of nitrogens with two attached hydrogens (primary N) is 1. The molecule has 0 amide bonds. The molecule has 0 saturated heterocycles. The van der Waals surface area contributed by atoms with E-state index in [1.165, 1.54) is 0 Å². The summed E-state index contributed by atoms with van der Waals surface area (Å²) in [6, 6.07) is 0. The summed E-state index contributed by atoms with van der Waals surface area (Å²) in [5.41, 5.74) is 4.95. The van der Waals surface area contributed by atoms with Crippen molar-refractivity contribution < 1.29 is 23.7 Å². The van der Waals surface area contributed by atoms with Gasteiger partial charge >= 0.3 is 5.97 Å². The van der Waals surface area contributed by atoms with Gasteiger partial charge in [0.1, 0.15) is 5.54 Å². The summed E-state index contributed by atoms with van der Waals surface area (Å²) in [5.74, 6) is -0.360. The summed E-state index contributed by atoms with van der Waals surface area (Å²) in [4.78, 5) is 11.5. The van der Waals surface area contributed by atoms with E-state index in [4.69, 9.17) is 24.7 Å². The van der Waals surface area contributed by atoms with Crippen LogP contribution in [-0.4, -0.2) is 58.3 Å². The molecule has 0 aromatic heterocycles. The lowest BCUT2D eigenvalue weighted by Gasteiger charge is -2.21. The van der Waals surface area contributed by atoms with E-state index in [0.717, 1.165) is 12.8 Å². The van der Waals surface area contributed by atoms with Crippen molar-refractivity contribution in [3.63, 3.8) is 0 Å². The van der Waals surface area contributed by atoms with Crippen LogP contribution in [0.1, 0.15) is 33.1 Å². The third-order valence-electron chi connectivity index (χ3n) is 2.74. The molecular weight excluding hydrogens is 262 g/mol. The molecule has 1 atom stereocenters. The van der Waals surface area contributed by atoms with Crippen LogP contribution in [0.25, 0.3) is 0 Å². The second-order valence-corrected chi connectivity index (χ2v) is 4.81. The Balaban J connectivity index is 3.41. The molecule has 0 aromatic carbocycles. The predicted octanol–water partition coefficient (Wildman–Crippen LogP) is 1.12. The van der Waals surface area contributed by atoms with E-state index in [9.17, 15) is 4.79 Å². The Morgan fingerprint density at radius 3 is 2.20 bits per heavy atom. The van der Waals surface area contributed by atoms with Crippen molar-refractivity contribution in [2.24, 2.45) is 5.73 Å². The highest BCUT2D eigenvalue weighted by molar-refractivity contribution is 5.79. The second kappa shape index (κ2) is 12.1. The lowest BCUT2D eigenvalue weighted by molar-refractivity contribution is -0.149. The van der Waals surface area contributed by atoms with Crippen LogP contribution in [0.4, 0.5) is 0 Å². The molecule has 6 nitrogen and oxygen atoms in total. The third kappa shape index (κ3) is 10.1. The number of methoxy groups -OCH3 is 1. The van der Waals surface area contributed by atoms with Crippen molar-refractivity contribution in [2.45, 2.75) is 38.6 Å². The van der Waals surface area contributed by atoms with Crippen LogP contribution in [0.2, 0.25) is 0 Å². The third-order valence-corrected chi connectivity index (χ3v) is 2.74. The van der Waals surface area contributed by atoms with Gasteiger partial charge in [-0.15, -0.1) is 0 Å². The van der Waals surface area contributed by atoms with Gasteiger partial charge in [0.15, 0.2) is 0 Å². The molecule has 0 aliphatic rings. The van der Waals surface area contributed by atoms with E-state index < -0.39 is 5.54 Å². The number of esters is 1. The van der Waals surface area contributed by atoms with E-state index in [1.54, 1.807) is 21.0 Å². The normalized spacial score (nSPS) is 14.0. The van der Waals surface area contributed by atoms with Gasteiger partial charge in [-0.3, -0.25) is 4.79 Å². The SMILES string of the molecule is CCOC(=O)C(C)(N)CCCOCCOCCCOC. The average molecular weight is 291 g/mol. The molecule has 0 fully saturated rings. The molecule has 0 aliphatic heterocycles. The first-order chi connectivity index (χ1) is 9.54. The van der Waals surface area contributed by atoms with Crippen LogP contribution >= 0.6 is 0 Å². The Kier molecular flexibility index (Phi) is 11.7. The summed E-state index contributed by atoms with van der Waals surface area (Å²) in [5, 5.41) is 0. The van der Waals surface area contributed by atoms with E-state index in [-0.39, 0.29) is 5.97 Å². The zero-order chi connectivity index (χ0) is 15.3. The van der Waals surface area contributed by atoms with Crippen LogP contribution in [0, 0.1) is 0 Å². The van der Waals surface area contributed by atoms with Gasteiger partial charge in [0, 0.05) is 26.9 Å². The number of carbonyl (C=O) groups excluding carboxylic acids is 1. The summed E-state index contributed by atoms with van der Waals surface area (Å²) < 4.78 is 20.6. The maximum absolute atomic E-state index is 11.5. The van der Waals surface area contributed by atoms with Crippen molar-refractivity contribution in [2.75, 3.05) is 46.8 Å². The summed E-state index contributed by atoms with van der Waals surface area (Å²) in [6.45, 7) is 6.88. The minimum atomic E-state index is -0.935. The van der Waals surface area contributed by atoms with Gasteiger partial charge in [0.2, 0.25) is 0 Å². The molecule has 0 bridgehead atoms. The maximum Gasteiger partial charge on any atom is 0.325 e. The molecule has 2 N–H and O–H groups in total. The Labute approximate surface area is 121 Å². The maximum atomic E-state index is 11.5. The number of hydrogen-bond acceptors (Lipinski definition) is 6. The zero-order valence-electron chi connectivity index (χ0n) is 13.0. The Morgan fingerprint density at radius 1 is 1.05 bits per heavy atom. The minimum Gasteiger partial charge on any atom is -0.465 e. The second-order valence-electron chi connectivity index (χ2n) is 4.81. The number of hydrogen-bond donors (Lipinski definition) is 1. The van der Waals surface area contributed by atoms with Crippen molar-refractivity contribution in [3.05, 3.63) is 0 Å². The van der Waals surface area contributed by atoms with Gasteiger partial charge in [-0.25, -0.2) is 0 Å². The fourth-order valence-corrected chi connectivity index (χ4v) is 1.57. The zero-order valence-corrected chi connectivity index (χ0v) is 13.0. The molecule has 0 aliphatic carbocycles. The lowest BCUT2D eigenvalue weighted by Crippen LogP contribution is -2.46. The average Bonchev–Trinajstić information content (AvgIpc) is 2.41. The fourth-order valence-electron chi connectivity index (χ4n) is 1.57. The van der Waals surface area contributed by atoms with Gasteiger partial charge in [-0.05, 0) is 33.1 Å². The van der Waals surface area contributed by atoms with Crippen molar-refractivity contribution in [1.29, 1.82) is 0 Å². The van der Waals surface area contributed by atoms with Gasteiger partial charge in [-0.2, -0.15) is 0 Å². The molecule has 120 valence electrons. The van der Waals surface area contributed by atoms with Gasteiger partial charge < -0.3 is 24.7 Å². The van der Waals surface area contributed by atoms with Crippen molar-refractivity contribution >= 4 is 5.97 Å². The van der Waals surface area contributed by atoms with E-state index in [2.05, 4.69) is 0 Å². The molecule has 0 spiro atoms. The smallest absolute Gasteiger partial charge is 0.325 e. The highest BCUT2D eigenvalue weighted by Gasteiger charge is 2.29. The molecule has 0 rings (SSSR count). The quantitative estimate of drug-likeness (QED) is 0.404. The summed E-state index contributed by atoms with van der Waals surface area (Å²) in [7, 11) is 1.67. The number of rotatable bonds is 13.